The highest BCUT2D eigenvalue weighted by Crippen LogP contribution is 2.23. The molecule has 20 heavy (non-hydrogen) atoms. The quantitative estimate of drug-likeness (QED) is 0.756. The number of aryl methyl sites for hydroxylation is 1. The standard InChI is InChI=1S/C17H17BrO2/c1-3-12-7-8-17(20-2)15(10-12)16(19)11-13-5-4-6-14(18)9-13/h4-10H,3,11H2,1-2H3. The number of ketones is 1. The Morgan fingerprint density at radius 3 is 2.60 bits per heavy atom. The first-order chi connectivity index (χ1) is 9.63. The Morgan fingerprint density at radius 2 is 1.95 bits per heavy atom. The first kappa shape index (κ1) is 14.8. The molecule has 0 spiro atoms. The maximum absolute atomic E-state index is 12.5. The molecule has 0 atom stereocenters. The minimum atomic E-state index is 0.0789. The van der Waals surface area contributed by atoms with Crippen LogP contribution in [0.1, 0.15) is 28.4 Å². The van der Waals surface area contributed by atoms with Gasteiger partial charge in [0.1, 0.15) is 5.75 Å². The lowest BCUT2D eigenvalue weighted by molar-refractivity contribution is 0.0990. The van der Waals surface area contributed by atoms with E-state index in [0.717, 1.165) is 22.0 Å². The van der Waals surface area contributed by atoms with Gasteiger partial charge >= 0.3 is 0 Å². The number of Topliss-reactive ketones (excluding diaryl/α,β-unsaturated/α-hetero) is 1. The number of carbonyl (C=O) groups excluding carboxylic acids is 1. The molecule has 0 N–H and O–H groups in total. The molecule has 3 heteroatoms. The van der Waals surface area contributed by atoms with Crippen molar-refractivity contribution in [1.82, 2.24) is 0 Å². The van der Waals surface area contributed by atoms with E-state index in [9.17, 15) is 4.79 Å². The average Bonchev–Trinajstić information content (AvgIpc) is 2.46. The fourth-order valence-corrected chi connectivity index (χ4v) is 2.57. The summed E-state index contributed by atoms with van der Waals surface area (Å²) in [5.41, 5.74) is 2.79. The number of hydrogen-bond acceptors (Lipinski definition) is 2. The van der Waals surface area contributed by atoms with Crippen LogP contribution in [-0.4, -0.2) is 12.9 Å². The molecule has 0 aliphatic rings. The number of carbonyl (C=O) groups is 1. The molecule has 0 unspecified atom stereocenters. The molecular formula is C17H17BrO2. The Kier molecular flexibility index (Phi) is 4.96. The Labute approximate surface area is 127 Å². The van der Waals surface area contributed by atoms with Crippen molar-refractivity contribution in [2.24, 2.45) is 0 Å². The number of rotatable bonds is 5. The van der Waals surface area contributed by atoms with Crippen molar-refractivity contribution in [2.45, 2.75) is 19.8 Å². The van der Waals surface area contributed by atoms with Gasteiger partial charge in [0.15, 0.2) is 5.78 Å². The molecule has 0 aliphatic carbocycles. The van der Waals surface area contributed by atoms with Crippen molar-refractivity contribution < 1.29 is 9.53 Å². The SMILES string of the molecule is CCc1ccc(OC)c(C(=O)Cc2cccc(Br)c2)c1. The average molecular weight is 333 g/mol. The number of benzene rings is 2. The van der Waals surface area contributed by atoms with Crippen LogP contribution in [-0.2, 0) is 12.8 Å². The summed E-state index contributed by atoms with van der Waals surface area (Å²) in [5.74, 6) is 0.720. The highest BCUT2D eigenvalue weighted by molar-refractivity contribution is 9.10. The molecule has 0 radical (unpaired) electrons. The smallest absolute Gasteiger partial charge is 0.170 e. The number of hydrogen-bond donors (Lipinski definition) is 0. The van der Waals surface area contributed by atoms with Gasteiger partial charge in [-0.25, -0.2) is 0 Å². The van der Waals surface area contributed by atoms with Gasteiger partial charge in [0.05, 0.1) is 12.7 Å². The summed E-state index contributed by atoms with van der Waals surface area (Å²) in [6.07, 6.45) is 1.28. The molecule has 2 nitrogen and oxygen atoms in total. The highest BCUT2D eigenvalue weighted by Gasteiger charge is 2.13. The molecule has 0 fully saturated rings. The third-order valence-corrected chi connectivity index (χ3v) is 3.72. The van der Waals surface area contributed by atoms with Crippen LogP contribution >= 0.6 is 15.9 Å². The van der Waals surface area contributed by atoms with E-state index in [0.29, 0.717) is 17.7 Å². The molecule has 104 valence electrons. The van der Waals surface area contributed by atoms with Crippen molar-refractivity contribution in [2.75, 3.05) is 7.11 Å². The topological polar surface area (TPSA) is 26.3 Å². The van der Waals surface area contributed by atoms with E-state index in [1.165, 1.54) is 0 Å². The molecule has 2 rings (SSSR count). The van der Waals surface area contributed by atoms with E-state index in [-0.39, 0.29) is 5.78 Å². The Balaban J connectivity index is 2.28. The first-order valence-electron chi connectivity index (χ1n) is 6.58. The molecule has 0 aromatic heterocycles. The van der Waals surface area contributed by atoms with Crippen molar-refractivity contribution in [3.63, 3.8) is 0 Å². The van der Waals surface area contributed by atoms with Crippen LogP contribution in [0.5, 0.6) is 5.75 Å². The van der Waals surface area contributed by atoms with Gasteiger partial charge in [0.25, 0.3) is 0 Å². The van der Waals surface area contributed by atoms with Gasteiger partial charge in [-0.2, -0.15) is 0 Å². The molecule has 0 amide bonds. The molecule has 2 aromatic carbocycles. The first-order valence-corrected chi connectivity index (χ1v) is 7.38. The zero-order valence-electron chi connectivity index (χ0n) is 11.7. The van der Waals surface area contributed by atoms with Crippen LogP contribution in [0.2, 0.25) is 0 Å². The largest absolute Gasteiger partial charge is 0.496 e. The summed E-state index contributed by atoms with van der Waals surface area (Å²) in [6, 6.07) is 13.6. The van der Waals surface area contributed by atoms with E-state index in [2.05, 4.69) is 22.9 Å². The molecule has 0 aliphatic heterocycles. The van der Waals surface area contributed by atoms with Crippen LogP contribution < -0.4 is 4.74 Å². The highest BCUT2D eigenvalue weighted by atomic mass is 79.9. The maximum Gasteiger partial charge on any atom is 0.170 e. The number of halogens is 1. The molecular weight excluding hydrogens is 316 g/mol. The van der Waals surface area contributed by atoms with E-state index in [1.807, 2.05) is 42.5 Å². The lowest BCUT2D eigenvalue weighted by Crippen LogP contribution is -2.06. The molecule has 0 saturated heterocycles. The summed E-state index contributed by atoms with van der Waals surface area (Å²) >= 11 is 3.42. The van der Waals surface area contributed by atoms with E-state index in [4.69, 9.17) is 4.74 Å². The van der Waals surface area contributed by atoms with E-state index in [1.54, 1.807) is 7.11 Å². The molecule has 0 saturated carbocycles. The zero-order valence-corrected chi connectivity index (χ0v) is 13.2. The lowest BCUT2D eigenvalue weighted by Gasteiger charge is -2.09. The fraction of sp³-hybridized carbons (Fsp3) is 0.235. The van der Waals surface area contributed by atoms with Gasteiger partial charge < -0.3 is 4.74 Å². The monoisotopic (exact) mass is 332 g/mol. The Morgan fingerprint density at radius 1 is 1.15 bits per heavy atom. The van der Waals surface area contributed by atoms with Crippen LogP contribution in [0.25, 0.3) is 0 Å². The second-order valence-corrected chi connectivity index (χ2v) is 5.53. The lowest BCUT2D eigenvalue weighted by atomic mass is 9.99. The van der Waals surface area contributed by atoms with Crippen LogP contribution in [0.15, 0.2) is 46.9 Å². The van der Waals surface area contributed by atoms with Crippen molar-refractivity contribution >= 4 is 21.7 Å². The summed E-state index contributed by atoms with van der Waals surface area (Å²) in [7, 11) is 1.59. The fourth-order valence-electron chi connectivity index (χ4n) is 2.12. The number of ether oxygens (including phenoxy) is 1. The van der Waals surface area contributed by atoms with Crippen LogP contribution in [0.4, 0.5) is 0 Å². The molecule has 0 heterocycles. The Bertz CT molecular complexity index is 620. The van der Waals surface area contributed by atoms with Gasteiger partial charge in [0.2, 0.25) is 0 Å². The summed E-state index contributed by atoms with van der Waals surface area (Å²) in [6.45, 7) is 2.07. The molecule has 2 aromatic rings. The van der Waals surface area contributed by atoms with Crippen molar-refractivity contribution in [3.05, 3.63) is 63.6 Å². The van der Waals surface area contributed by atoms with Gasteiger partial charge in [-0.3, -0.25) is 4.79 Å². The second-order valence-electron chi connectivity index (χ2n) is 4.62. The van der Waals surface area contributed by atoms with Gasteiger partial charge in [0, 0.05) is 10.9 Å². The third-order valence-electron chi connectivity index (χ3n) is 3.23. The maximum atomic E-state index is 12.5. The number of methoxy groups -OCH3 is 1. The van der Waals surface area contributed by atoms with Crippen LogP contribution in [0.3, 0.4) is 0 Å². The minimum absolute atomic E-state index is 0.0789. The Hall–Kier alpha value is -1.61. The van der Waals surface area contributed by atoms with Gasteiger partial charge in [-0.05, 0) is 41.8 Å². The zero-order chi connectivity index (χ0) is 14.5. The summed E-state index contributed by atoms with van der Waals surface area (Å²) in [5, 5.41) is 0. The second kappa shape index (κ2) is 6.71. The van der Waals surface area contributed by atoms with Crippen molar-refractivity contribution in [3.8, 4) is 5.75 Å². The predicted molar refractivity (Wildman–Crippen MR) is 84.5 cm³/mol. The summed E-state index contributed by atoms with van der Waals surface area (Å²) in [4.78, 5) is 12.5. The van der Waals surface area contributed by atoms with Gasteiger partial charge in [-0.15, -0.1) is 0 Å². The summed E-state index contributed by atoms with van der Waals surface area (Å²) < 4.78 is 6.28. The molecule has 0 bridgehead atoms. The van der Waals surface area contributed by atoms with Gasteiger partial charge in [-0.1, -0.05) is 41.1 Å². The normalized spacial score (nSPS) is 10.3. The van der Waals surface area contributed by atoms with Crippen LogP contribution in [0, 0.1) is 0 Å². The predicted octanol–water partition coefficient (Wildman–Crippen LogP) is 4.45. The van der Waals surface area contributed by atoms with Crippen molar-refractivity contribution in [1.29, 1.82) is 0 Å². The third kappa shape index (κ3) is 3.48. The van der Waals surface area contributed by atoms with E-state index < -0.39 is 0 Å². The van der Waals surface area contributed by atoms with E-state index >= 15 is 0 Å². The minimum Gasteiger partial charge on any atom is -0.496 e.